The molecular weight excluding hydrogens is 281 g/mol. The molecule has 0 aromatic carbocycles. The van der Waals surface area contributed by atoms with Crippen molar-refractivity contribution in [2.75, 3.05) is 0 Å². The maximum absolute atomic E-state index is 8.44. The van der Waals surface area contributed by atoms with Crippen molar-refractivity contribution in [3.8, 4) is 0 Å². The molecule has 0 saturated heterocycles. The number of hydrogen-bond acceptors (Lipinski definition) is 6. The summed E-state index contributed by atoms with van der Waals surface area (Å²) in [5.41, 5.74) is 0. The number of rotatable bonds is 0. The van der Waals surface area contributed by atoms with Gasteiger partial charge in [-0.25, -0.2) is 0 Å². The molecule has 0 fully saturated rings. The van der Waals surface area contributed by atoms with Crippen LogP contribution in [0, 0.1) is 0 Å². The van der Waals surface area contributed by atoms with E-state index >= 15 is 0 Å². The van der Waals surface area contributed by atoms with E-state index in [2.05, 4.69) is 0 Å². The van der Waals surface area contributed by atoms with Gasteiger partial charge >= 0.3 is 132 Å². The van der Waals surface area contributed by atoms with Gasteiger partial charge in [-0.1, -0.05) is 0 Å². The van der Waals surface area contributed by atoms with Crippen LogP contribution in [0.2, 0.25) is 0 Å². The van der Waals surface area contributed by atoms with E-state index in [1.54, 1.807) is 0 Å². The summed E-state index contributed by atoms with van der Waals surface area (Å²) in [7, 11) is 0. The van der Waals surface area contributed by atoms with Crippen LogP contribution in [0.25, 0.3) is 0 Å². The van der Waals surface area contributed by atoms with Crippen LogP contribution < -0.4 is 148 Å². The van der Waals surface area contributed by atoms with Crippen molar-refractivity contribution in [1.82, 2.24) is 0 Å². The molecule has 0 radical (unpaired) electrons. The summed E-state index contributed by atoms with van der Waals surface area (Å²) in [4.78, 5) is 25.3. The Labute approximate surface area is 191 Å². The van der Waals surface area contributed by atoms with Gasteiger partial charge in [0.2, 0.25) is 18.5 Å². The summed E-state index contributed by atoms with van der Waals surface area (Å²) in [6, 6.07) is 0. The Kier molecular flexibility index (Phi) is 71.4. The molecule has 0 atom stereocenters. The first-order valence-corrected chi connectivity index (χ1v) is 1.90. The molecule has 3 N–H and O–H groups in total. The van der Waals surface area contributed by atoms with Crippen molar-refractivity contribution in [3.63, 3.8) is 0 Å². The monoisotopic (exact) mass is 284 g/mol. The quantitative estimate of drug-likeness (QED) is 0.363. The van der Waals surface area contributed by atoms with Crippen molar-refractivity contribution in [2.45, 2.75) is 0 Å². The van der Waals surface area contributed by atoms with Crippen LogP contribution in [-0.4, -0.2) is 33.8 Å². The Bertz CT molecular complexity index is 121. The largest absolute Gasteiger partial charge is 1.00 e. The fraction of sp³-hybridized carbons (Fsp3) is 0. The number of carbonyl (C=O) groups is 3. The average molecular weight is 284 g/mol. The second-order valence-corrected chi connectivity index (χ2v) is 0.798. The predicted molar refractivity (Wildman–Crippen MR) is 24.1 cm³/mol. The molecule has 0 aromatic rings. The standard InChI is InChI=1S/3CH2O3.2K.Na/c3*2-1(3)4;;;/h3*(H2,2,3,4);;;/q;;;3*+1/p-3. The van der Waals surface area contributed by atoms with Gasteiger partial charge in [-0.05, 0) is 0 Å². The van der Waals surface area contributed by atoms with E-state index in [1.165, 1.54) is 0 Å². The first kappa shape index (κ1) is 36.0. The summed E-state index contributed by atoms with van der Waals surface area (Å²) < 4.78 is 0. The van der Waals surface area contributed by atoms with Crippen molar-refractivity contribution >= 4 is 18.5 Å². The fourth-order valence-electron chi connectivity index (χ4n) is 0. The number of carboxylic acid groups (broad SMARTS) is 6. The van der Waals surface area contributed by atoms with E-state index in [1.807, 2.05) is 0 Å². The van der Waals surface area contributed by atoms with Gasteiger partial charge in [-0.3, -0.25) is 0 Å². The first-order chi connectivity index (χ1) is 5.20. The van der Waals surface area contributed by atoms with Crippen LogP contribution in [0.1, 0.15) is 0 Å². The van der Waals surface area contributed by atoms with Crippen molar-refractivity contribution in [2.24, 2.45) is 0 Å². The zero-order valence-corrected chi connectivity index (χ0v) is 16.5. The maximum Gasteiger partial charge on any atom is 1.00 e. The van der Waals surface area contributed by atoms with E-state index in [4.69, 9.17) is 45.0 Å². The van der Waals surface area contributed by atoms with Crippen LogP contribution >= 0.6 is 0 Å². The van der Waals surface area contributed by atoms with Gasteiger partial charge in [-0.15, -0.1) is 0 Å². The Hall–Kier alpha value is 2.08. The van der Waals surface area contributed by atoms with Crippen molar-refractivity contribution < 1.29 is 177 Å². The minimum atomic E-state index is -2.08. The molecule has 0 heterocycles. The first-order valence-electron chi connectivity index (χ1n) is 1.90. The molecular formula is C3H3K2NaO9. The molecule has 0 aliphatic heterocycles. The van der Waals surface area contributed by atoms with E-state index in [9.17, 15) is 0 Å². The maximum atomic E-state index is 8.44. The Morgan fingerprint density at radius 2 is 0.667 bits per heavy atom. The summed E-state index contributed by atoms with van der Waals surface area (Å²) in [5.74, 6) is 0. The summed E-state index contributed by atoms with van der Waals surface area (Å²) in [6.45, 7) is 0. The van der Waals surface area contributed by atoms with Gasteiger partial charge in [0.05, 0.1) is 0 Å². The topological polar surface area (TPSA) is 181 Å². The zero-order chi connectivity index (χ0) is 10.7. The fourth-order valence-corrected chi connectivity index (χ4v) is 0. The molecule has 72 valence electrons. The third kappa shape index (κ3) is 735. The van der Waals surface area contributed by atoms with Gasteiger partial charge in [0.25, 0.3) is 0 Å². The normalized spacial score (nSPS) is 4.80. The molecule has 0 bridgehead atoms. The molecule has 0 unspecified atom stereocenters. The van der Waals surface area contributed by atoms with Gasteiger partial charge in [-0.2, -0.15) is 0 Å². The van der Waals surface area contributed by atoms with Gasteiger partial charge in [0, 0.05) is 0 Å². The minimum Gasteiger partial charge on any atom is -0.565 e. The van der Waals surface area contributed by atoms with E-state index in [0.29, 0.717) is 0 Å². The minimum absolute atomic E-state index is 0. The summed E-state index contributed by atoms with van der Waals surface area (Å²) in [6.07, 6.45) is -6.25. The molecule has 9 nitrogen and oxygen atoms in total. The predicted octanol–water partition coefficient (Wildman–Crippen LogP) is -12.3. The number of hydrogen-bond donors (Lipinski definition) is 3. The van der Waals surface area contributed by atoms with Crippen LogP contribution in [0.15, 0.2) is 0 Å². The average Bonchev–Trinajstić information content (AvgIpc) is 1.54. The van der Waals surface area contributed by atoms with Crippen LogP contribution in [0.5, 0.6) is 0 Å². The summed E-state index contributed by atoms with van der Waals surface area (Å²) >= 11 is 0. The van der Waals surface area contributed by atoms with Gasteiger partial charge in [0.15, 0.2) is 0 Å². The third-order valence-corrected chi connectivity index (χ3v) is 0. The molecule has 15 heavy (non-hydrogen) atoms. The summed E-state index contributed by atoms with van der Waals surface area (Å²) in [5, 5.41) is 45.9. The second kappa shape index (κ2) is 29.8. The Morgan fingerprint density at radius 1 is 0.667 bits per heavy atom. The molecule has 0 rings (SSSR count). The van der Waals surface area contributed by atoms with Crippen LogP contribution in [0.4, 0.5) is 14.4 Å². The van der Waals surface area contributed by atoms with E-state index < -0.39 is 18.5 Å². The Morgan fingerprint density at radius 3 is 0.667 bits per heavy atom. The van der Waals surface area contributed by atoms with Gasteiger partial charge < -0.3 is 45.0 Å². The second-order valence-electron chi connectivity index (χ2n) is 0.798. The Balaban J connectivity index is -0.0000000184. The molecule has 0 saturated carbocycles. The third-order valence-electron chi connectivity index (χ3n) is 0. The molecule has 0 aliphatic rings. The zero-order valence-electron chi connectivity index (χ0n) is 8.29. The molecule has 12 heteroatoms. The molecule has 0 aliphatic carbocycles. The van der Waals surface area contributed by atoms with E-state index in [-0.39, 0.29) is 132 Å². The molecule has 0 aromatic heterocycles. The molecule has 0 amide bonds. The van der Waals surface area contributed by atoms with Crippen molar-refractivity contribution in [1.29, 1.82) is 0 Å². The smallest absolute Gasteiger partial charge is 0.565 e. The molecule has 0 spiro atoms. The van der Waals surface area contributed by atoms with E-state index in [0.717, 1.165) is 0 Å². The van der Waals surface area contributed by atoms with Gasteiger partial charge in [0.1, 0.15) is 0 Å². The van der Waals surface area contributed by atoms with Crippen LogP contribution in [0.3, 0.4) is 0 Å². The van der Waals surface area contributed by atoms with Crippen molar-refractivity contribution in [3.05, 3.63) is 0 Å². The SMILES string of the molecule is O=C([O-])O.O=C([O-])O.O=C([O-])O.[K+].[K+].[Na+]. The van der Waals surface area contributed by atoms with Crippen LogP contribution in [-0.2, 0) is 0 Å².